The fourth-order valence-electron chi connectivity index (χ4n) is 1.15. The molecule has 1 rings (SSSR count). The number of phenols is 1. The molecule has 1 amide bonds. The van der Waals surface area contributed by atoms with E-state index < -0.39 is 0 Å². The number of amides is 1. The first-order chi connectivity index (χ1) is 7.37. The summed E-state index contributed by atoms with van der Waals surface area (Å²) in [6, 6.07) is 6.24. The highest BCUT2D eigenvalue weighted by molar-refractivity contribution is 5.78. The Morgan fingerprint density at radius 3 is 2.38 bits per heavy atom. The van der Waals surface area contributed by atoms with Crippen LogP contribution in [0.25, 0.3) is 0 Å². The molecule has 4 heteroatoms. The van der Waals surface area contributed by atoms with Crippen molar-refractivity contribution in [3.05, 3.63) is 24.3 Å². The highest BCUT2D eigenvalue weighted by Crippen LogP contribution is 2.15. The van der Waals surface area contributed by atoms with Crippen LogP contribution in [0.15, 0.2) is 24.3 Å². The first kappa shape index (κ1) is 12.4. The Kier molecular flexibility index (Phi) is 3.77. The van der Waals surface area contributed by atoms with Crippen molar-refractivity contribution in [3.63, 3.8) is 0 Å². The summed E-state index contributed by atoms with van der Waals surface area (Å²) in [7, 11) is 0. The quantitative estimate of drug-likeness (QED) is 0.819. The molecule has 16 heavy (non-hydrogen) atoms. The second-order valence-electron chi connectivity index (χ2n) is 4.58. The summed E-state index contributed by atoms with van der Waals surface area (Å²) in [5, 5.41) is 11.8. The molecule has 0 aliphatic heterocycles. The van der Waals surface area contributed by atoms with Crippen LogP contribution in [-0.4, -0.2) is 23.2 Å². The number of aromatic hydroxyl groups is 1. The highest BCUT2D eigenvalue weighted by atomic mass is 16.5. The lowest BCUT2D eigenvalue weighted by molar-refractivity contribution is -0.124. The summed E-state index contributed by atoms with van der Waals surface area (Å²) in [5.74, 6) is 0.564. The van der Waals surface area contributed by atoms with Crippen LogP contribution >= 0.6 is 0 Å². The van der Waals surface area contributed by atoms with Gasteiger partial charge in [0.1, 0.15) is 11.5 Å². The summed E-state index contributed by atoms with van der Waals surface area (Å²) in [5.41, 5.74) is -0.255. The van der Waals surface area contributed by atoms with E-state index in [2.05, 4.69) is 5.32 Å². The maximum absolute atomic E-state index is 11.4. The first-order valence-corrected chi connectivity index (χ1v) is 5.10. The van der Waals surface area contributed by atoms with Crippen LogP contribution in [0.5, 0.6) is 11.5 Å². The minimum atomic E-state index is -0.255. The summed E-state index contributed by atoms with van der Waals surface area (Å²) in [4.78, 5) is 11.4. The normalized spacial score (nSPS) is 10.9. The van der Waals surface area contributed by atoms with Crippen LogP contribution in [0.1, 0.15) is 20.8 Å². The molecule has 1 aromatic carbocycles. The first-order valence-electron chi connectivity index (χ1n) is 5.10. The number of nitrogens with one attached hydrogen (secondary N) is 1. The lowest BCUT2D eigenvalue weighted by Gasteiger charge is -2.20. The predicted molar refractivity (Wildman–Crippen MR) is 61.5 cm³/mol. The number of phenolic OH excluding ortho intramolecular Hbond substituents is 1. The minimum Gasteiger partial charge on any atom is -0.508 e. The van der Waals surface area contributed by atoms with Crippen LogP contribution in [0.4, 0.5) is 0 Å². The van der Waals surface area contributed by atoms with Gasteiger partial charge in [-0.2, -0.15) is 0 Å². The van der Waals surface area contributed by atoms with Crippen molar-refractivity contribution in [2.75, 3.05) is 6.61 Å². The van der Waals surface area contributed by atoms with E-state index in [1.165, 1.54) is 12.1 Å². The Balaban J connectivity index is 2.40. The van der Waals surface area contributed by atoms with E-state index in [4.69, 9.17) is 9.84 Å². The second kappa shape index (κ2) is 4.88. The molecule has 0 saturated heterocycles. The zero-order chi connectivity index (χ0) is 12.2. The Morgan fingerprint density at radius 1 is 1.31 bits per heavy atom. The van der Waals surface area contributed by atoms with E-state index in [1.807, 2.05) is 20.8 Å². The van der Waals surface area contributed by atoms with Crippen LogP contribution in [0.3, 0.4) is 0 Å². The molecule has 0 spiro atoms. The highest BCUT2D eigenvalue weighted by Gasteiger charge is 2.13. The minimum absolute atomic E-state index is 0.0257. The van der Waals surface area contributed by atoms with E-state index in [1.54, 1.807) is 12.1 Å². The maximum Gasteiger partial charge on any atom is 0.258 e. The van der Waals surface area contributed by atoms with E-state index in [0.29, 0.717) is 5.75 Å². The fraction of sp³-hybridized carbons (Fsp3) is 0.417. The summed E-state index contributed by atoms with van der Waals surface area (Å²) < 4.78 is 5.25. The van der Waals surface area contributed by atoms with Crippen LogP contribution in [-0.2, 0) is 4.79 Å². The lowest BCUT2D eigenvalue weighted by atomic mass is 10.1. The number of benzene rings is 1. The lowest BCUT2D eigenvalue weighted by Crippen LogP contribution is -2.43. The molecule has 0 bridgehead atoms. The third kappa shape index (κ3) is 4.68. The molecule has 4 nitrogen and oxygen atoms in total. The number of carbonyl (C=O) groups excluding carboxylic acids is 1. The Hall–Kier alpha value is -1.71. The fourth-order valence-corrected chi connectivity index (χ4v) is 1.15. The Labute approximate surface area is 95.2 Å². The molecule has 0 aromatic heterocycles. The standard InChI is InChI=1S/C12H17NO3/c1-12(2,3)13-11(15)8-16-10-6-4-9(14)5-7-10/h4-7,14H,8H2,1-3H3,(H,13,15). The average molecular weight is 223 g/mol. The Bertz CT molecular complexity index is 352. The van der Waals surface area contributed by atoms with Crippen LogP contribution < -0.4 is 10.1 Å². The molecule has 88 valence electrons. The number of hydrogen-bond acceptors (Lipinski definition) is 3. The van der Waals surface area contributed by atoms with Gasteiger partial charge in [0.2, 0.25) is 0 Å². The predicted octanol–water partition coefficient (Wildman–Crippen LogP) is 1.69. The second-order valence-corrected chi connectivity index (χ2v) is 4.58. The molecule has 0 aliphatic carbocycles. The summed E-state index contributed by atoms with van der Waals surface area (Å²) in [6.07, 6.45) is 0. The molecule has 0 heterocycles. The maximum atomic E-state index is 11.4. The number of hydrogen-bond donors (Lipinski definition) is 2. The number of carbonyl (C=O) groups is 1. The van der Waals surface area contributed by atoms with E-state index in [-0.39, 0.29) is 23.8 Å². The van der Waals surface area contributed by atoms with Crippen molar-refractivity contribution in [2.24, 2.45) is 0 Å². The summed E-state index contributed by atoms with van der Waals surface area (Å²) in [6.45, 7) is 5.70. The molecule has 0 aliphatic rings. The topological polar surface area (TPSA) is 58.6 Å². The SMILES string of the molecule is CC(C)(C)NC(=O)COc1ccc(O)cc1. The van der Waals surface area contributed by atoms with Crippen molar-refractivity contribution >= 4 is 5.91 Å². The van der Waals surface area contributed by atoms with Gasteiger partial charge in [-0.05, 0) is 45.0 Å². The molecule has 0 radical (unpaired) electrons. The van der Waals surface area contributed by atoms with Crippen molar-refractivity contribution in [1.29, 1.82) is 0 Å². The molecule has 0 saturated carbocycles. The molecule has 0 atom stereocenters. The van der Waals surface area contributed by atoms with Gasteiger partial charge in [0, 0.05) is 5.54 Å². The van der Waals surface area contributed by atoms with Crippen molar-refractivity contribution in [2.45, 2.75) is 26.3 Å². The number of ether oxygens (including phenoxy) is 1. The van der Waals surface area contributed by atoms with Gasteiger partial charge in [0.05, 0.1) is 0 Å². The van der Waals surface area contributed by atoms with Gasteiger partial charge in [0.15, 0.2) is 6.61 Å². The van der Waals surface area contributed by atoms with Gasteiger partial charge >= 0.3 is 0 Å². The van der Waals surface area contributed by atoms with Gasteiger partial charge in [-0.3, -0.25) is 4.79 Å². The van der Waals surface area contributed by atoms with E-state index in [9.17, 15) is 4.79 Å². The van der Waals surface area contributed by atoms with Gasteiger partial charge < -0.3 is 15.2 Å². The molecular weight excluding hydrogens is 206 g/mol. The molecule has 0 fully saturated rings. The molecule has 0 unspecified atom stereocenters. The number of rotatable bonds is 3. The van der Waals surface area contributed by atoms with Crippen molar-refractivity contribution < 1.29 is 14.6 Å². The average Bonchev–Trinajstić information content (AvgIpc) is 2.14. The zero-order valence-corrected chi connectivity index (χ0v) is 9.78. The van der Waals surface area contributed by atoms with Gasteiger partial charge in [-0.25, -0.2) is 0 Å². The molecule has 2 N–H and O–H groups in total. The third-order valence-electron chi connectivity index (χ3n) is 1.72. The monoisotopic (exact) mass is 223 g/mol. The van der Waals surface area contributed by atoms with Crippen LogP contribution in [0.2, 0.25) is 0 Å². The third-order valence-corrected chi connectivity index (χ3v) is 1.72. The molecule has 1 aromatic rings. The van der Waals surface area contributed by atoms with E-state index >= 15 is 0 Å². The largest absolute Gasteiger partial charge is 0.508 e. The molecular formula is C12H17NO3. The van der Waals surface area contributed by atoms with Gasteiger partial charge in [0.25, 0.3) is 5.91 Å². The van der Waals surface area contributed by atoms with E-state index in [0.717, 1.165) is 0 Å². The van der Waals surface area contributed by atoms with Crippen molar-refractivity contribution in [1.82, 2.24) is 5.32 Å². The smallest absolute Gasteiger partial charge is 0.258 e. The summed E-state index contributed by atoms with van der Waals surface area (Å²) >= 11 is 0. The zero-order valence-electron chi connectivity index (χ0n) is 9.78. The Morgan fingerprint density at radius 2 is 1.88 bits per heavy atom. The van der Waals surface area contributed by atoms with Gasteiger partial charge in [-0.15, -0.1) is 0 Å². The van der Waals surface area contributed by atoms with Crippen LogP contribution in [0, 0.1) is 0 Å². The van der Waals surface area contributed by atoms with Crippen molar-refractivity contribution in [3.8, 4) is 11.5 Å². The van der Waals surface area contributed by atoms with Gasteiger partial charge in [-0.1, -0.05) is 0 Å².